The molecule has 1 aliphatic rings. The van der Waals surface area contributed by atoms with Gasteiger partial charge < -0.3 is 19.7 Å². The molecule has 110 valence electrons. The average molecular weight is 345 g/mol. The Morgan fingerprint density at radius 3 is 2.55 bits per heavy atom. The number of carboxylic acid groups (broad SMARTS) is 1. The van der Waals surface area contributed by atoms with Gasteiger partial charge in [0.25, 0.3) is 0 Å². The summed E-state index contributed by atoms with van der Waals surface area (Å²) in [4.78, 5) is 10.4. The summed E-state index contributed by atoms with van der Waals surface area (Å²) < 4.78 is 11.7. The van der Waals surface area contributed by atoms with Gasteiger partial charge in [-0.2, -0.15) is 0 Å². The van der Waals surface area contributed by atoms with E-state index in [1.807, 2.05) is 0 Å². The quantitative estimate of drug-likeness (QED) is 0.776. The van der Waals surface area contributed by atoms with Crippen LogP contribution in [-0.4, -0.2) is 29.4 Å². The highest BCUT2D eigenvalue weighted by Gasteiger charge is 2.18. The van der Waals surface area contributed by atoms with Gasteiger partial charge in [0, 0.05) is 10.9 Å². The molecular weight excluding hydrogens is 328 g/mol. The average Bonchev–Trinajstić information content (AvgIpc) is 2.42. The Labute approximate surface area is 125 Å². The fourth-order valence-electron chi connectivity index (χ4n) is 2.10. The molecule has 0 fully saturated rings. The molecule has 6 heteroatoms. The highest BCUT2D eigenvalue weighted by atomic mass is 79.9. The second-order valence-electron chi connectivity index (χ2n) is 4.67. The van der Waals surface area contributed by atoms with E-state index in [4.69, 9.17) is 14.6 Å². The van der Waals surface area contributed by atoms with Crippen molar-refractivity contribution in [3.8, 4) is 11.5 Å². The van der Waals surface area contributed by atoms with E-state index < -0.39 is 12.1 Å². The molecule has 0 bridgehead atoms. The number of hydrogen-bond acceptors (Lipinski definition) is 4. The van der Waals surface area contributed by atoms with Crippen LogP contribution in [-0.2, 0) is 4.79 Å². The van der Waals surface area contributed by atoms with Crippen molar-refractivity contribution >= 4 is 21.9 Å². The molecule has 0 amide bonds. The fourth-order valence-corrected chi connectivity index (χ4v) is 2.69. The predicted molar refractivity (Wildman–Crippen MR) is 76.2 cm³/mol. The molecule has 1 unspecified atom stereocenters. The number of rotatable bonds is 6. The van der Waals surface area contributed by atoms with Gasteiger partial charge in [-0.05, 0) is 37.0 Å². The lowest BCUT2D eigenvalue weighted by Gasteiger charge is -2.21. The Kier molecular flexibility index (Phi) is 5.25. The SMILES string of the molecule is O=C(O)CCCCC(O)c1cc2c(cc1Br)OCCO2. The minimum Gasteiger partial charge on any atom is -0.486 e. The molecule has 0 aliphatic carbocycles. The third-order valence-corrected chi connectivity index (χ3v) is 3.83. The van der Waals surface area contributed by atoms with Crippen molar-refractivity contribution in [2.24, 2.45) is 0 Å². The Bertz CT molecular complexity index is 489. The summed E-state index contributed by atoms with van der Waals surface area (Å²) in [5.74, 6) is 0.504. The number of unbranched alkanes of at least 4 members (excludes halogenated alkanes) is 1. The van der Waals surface area contributed by atoms with Crippen LogP contribution in [0.4, 0.5) is 0 Å². The van der Waals surface area contributed by atoms with Crippen LogP contribution in [0.5, 0.6) is 11.5 Å². The fraction of sp³-hybridized carbons (Fsp3) is 0.500. The number of carbonyl (C=O) groups is 1. The Morgan fingerprint density at radius 2 is 1.90 bits per heavy atom. The minimum absolute atomic E-state index is 0.134. The van der Waals surface area contributed by atoms with Crippen LogP contribution in [0, 0.1) is 0 Å². The molecule has 0 aromatic heterocycles. The standard InChI is InChI=1S/C14H17BrO5/c15-10-8-13-12(19-5-6-20-13)7-9(10)11(16)3-1-2-4-14(17)18/h7-8,11,16H,1-6H2,(H,17,18). The summed E-state index contributed by atoms with van der Waals surface area (Å²) in [6, 6.07) is 3.57. The first kappa shape index (κ1) is 15.1. The second-order valence-corrected chi connectivity index (χ2v) is 5.53. The molecule has 1 aromatic rings. The number of aliphatic hydroxyl groups is 1. The van der Waals surface area contributed by atoms with Crippen molar-refractivity contribution in [1.82, 2.24) is 0 Å². The van der Waals surface area contributed by atoms with E-state index in [1.165, 1.54) is 0 Å². The molecule has 2 N–H and O–H groups in total. The molecule has 2 rings (SSSR count). The van der Waals surface area contributed by atoms with Crippen molar-refractivity contribution in [1.29, 1.82) is 0 Å². The van der Waals surface area contributed by atoms with Crippen LogP contribution in [0.3, 0.4) is 0 Å². The van der Waals surface area contributed by atoms with Crippen LogP contribution in [0.25, 0.3) is 0 Å². The zero-order valence-electron chi connectivity index (χ0n) is 11.0. The normalized spacial score (nSPS) is 14.9. The molecule has 1 aliphatic heterocycles. The molecule has 0 spiro atoms. The van der Waals surface area contributed by atoms with Crippen LogP contribution in [0.15, 0.2) is 16.6 Å². The second kappa shape index (κ2) is 6.95. The topological polar surface area (TPSA) is 76.0 Å². The first-order chi connectivity index (χ1) is 9.58. The van der Waals surface area contributed by atoms with Gasteiger partial charge in [0.1, 0.15) is 13.2 Å². The zero-order chi connectivity index (χ0) is 14.5. The lowest BCUT2D eigenvalue weighted by Crippen LogP contribution is -2.16. The molecule has 20 heavy (non-hydrogen) atoms. The van der Waals surface area contributed by atoms with Gasteiger partial charge in [0.15, 0.2) is 11.5 Å². The first-order valence-electron chi connectivity index (χ1n) is 6.57. The Morgan fingerprint density at radius 1 is 1.25 bits per heavy atom. The van der Waals surface area contributed by atoms with E-state index in [-0.39, 0.29) is 6.42 Å². The van der Waals surface area contributed by atoms with E-state index in [2.05, 4.69) is 15.9 Å². The highest BCUT2D eigenvalue weighted by molar-refractivity contribution is 9.10. The van der Waals surface area contributed by atoms with E-state index >= 15 is 0 Å². The van der Waals surface area contributed by atoms with Crippen LogP contribution in [0.1, 0.15) is 37.4 Å². The Hall–Kier alpha value is -1.27. The number of aliphatic carboxylic acids is 1. The van der Waals surface area contributed by atoms with Gasteiger partial charge in [-0.25, -0.2) is 0 Å². The highest BCUT2D eigenvalue weighted by Crippen LogP contribution is 2.38. The van der Waals surface area contributed by atoms with Gasteiger partial charge in [0.05, 0.1) is 6.10 Å². The number of carboxylic acids is 1. The van der Waals surface area contributed by atoms with E-state index in [0.717, 1.165) is 10.0 Å². The smallest absolute Gasteiger partial charge is 0.303 e. The van der Waals surface area contributed by atoms with Crippen molar-refractivity contribution in [2.75, 3.05) is 13.2 Å². The molecule has 0 saturated carbocycles. The summed E-state index contributed by atoms with van der Waals surface area (Å²) in [7, 11) is 0. The lowest BCUT2D eigenvalue weighted by molar-refractivity contribution is -0.137. The summed E-state index contributed by atoms with van der Waals surface area (Å²) in [6.07, 6.45) is 1.23. The maximum atomic E-state index is 10.4. The number of fused-ring (bicyclic) bond motifs is 1. The number of aliphatic hydroxyl groups excluding tert-OH is 1. The largest absolute Gasteiger partial charge is 0.486 e. The molecule has 5 nitrogen and oxygen atoms in total. The van der Waals surface area contributed by atoms with E-state index in [9.17, 15) is 9.90 Å². The minimum atomic E-state index is -0.806. The molecule has 0 saturated heterocycles. The van der Waals surface area contributed by atoms with Gasteiger partial charge in [0.2, 0.25) is 0 Å². The van der Waals surface area contributed by atoms with Crippen molar-refractivity contribution in [2.45, 2.75) is 31.8 Å². The lowest BCUT2D eigenvalue weighted by atomic mass is 10.0. The van der Waals surface area contributed by atoms with Gasteiger partial charge in [-0.15, -0.1) is 0 Å². The monoisotopic (exact) mass is 344 g/mol. The predicted octanol–water partition coefficient (Wildman–Crippen LogP) is 2.90. The van der Waals surface area contributed by atoms with Crippen LogP contribution >= 0.6 is 15.9 Å². The third-order valence-electron chi connectivity index (χ3n) is 3.14. The number of hydrogen-bond donors (Lipinski definition) is 2. The molecule has 1 heterocycles. The van der Waals surface area contributed by atoms with Crippen LogP contribution in [0.2, 0.25) is 0 Å². The first-order valence-corrected chi connectivity index (χ1v) is 7.36. The molecule has 1 aromatic carbocycles. The van der Waals surface area contributed by atoms with Gasteiger partial charge in [-0.3, -0.25) is 4.79 Å². The summed E-state index contributed by atoms with van der Waals surface area (Å²) in [6.45, 7) is 1.03. The summed E-state index contributed by atoms with van der Waals surface area (Å²) in [5, 5.41) is 18.8. The van der Waals surface area contributed by atoms with E-state index in [0.29, 0.717) is 44.0 Å². The Balaban J connectivity index is 1.98. The van der Waals surface area contributed by atoms with Crippen LogP contribution < -0.4 is 9.47 Å². The summed E-state index contributed by atoms with van der Waals surface area (Å²) >= 11 is 3.42. The van der Waals surface area contributed by atoms with E-state index in [1.54, 1.807) is 12.1 Å². The maximum absolute atomic E-state index is 10.4. The van der Waals surface area contributed by atoms with Crippen molar-refractivity contribution in [3.05, 3.63) is 22.2 Å². The zero-order valence-corrected chi connectivity index (χ0v) is 12.6. The van der Waals surface area contributed by atoms with Gasteiger partial charge in [-0.1, -0.05) is 15.9 Å². The molecule has 0 radical (unpaired) electrons. The summed E-state index contributed by atoms with van der Waals surface area (Å²) in [5.41, 5.74) is 0.740. The molecular formula is C14H17BrO5. The third kappa shape index (κ3) is 3.86. The maximum Gasteiger partial charge on any atom is 0.303 e. The van der Waals surface area contributed by atoms with Gasteiger partial charge >= 0.3 is 5.97 Å². The van der Waals surface area contributed by atoms with Crippen molar-refractivity contribution in [3.63, 3.8) is 0 Å². The number of halogens is 1. The molecule has 1 atom stereocenters. The number of benzene rings is 1. The van der Waals surface area contributed by atoms with Crippen molar-refractivity contribution < 1.29 is 24.5 Å². The number of ether oxygens (including phenoxy) is 2.